The van der Waals surface area contributed by atoms with Gasteiger partial charge in [-0.3, -0.25) is 9.78 Å². The normalized spacial score (nSPS) is 11.9. The topological polar surface area (TPSA) is 39.2 Å². The molecule has 0 aliphatic heterocycles. The monoisotopic (exact) mass is 319 g/mol. The van der Waals surface area contributed by atoms with Gasteiger partial charge < -0.3 is 4.74 Å². The maximum Gasteiger partial charge on any atom is 0.315 e. The van der Waals surface area contributed by atoms with Crippen LogP contribution in [0.15, 0.2) is 53.1 Å². The molecular formula is C15H14BrNO2. The number of carbonyl (C=O) groups is 1. The molecule has 98 valence electrons. The van der Waals surface area contributed by atoms with Crippen LogP contribution >= 0.6 is 15.9 Å². The van der Waals surface area contributed by atoms with Crippen molar-refractivity contribution in [1.29, 1.82) is 0 Å². The first-order valence-electron chi connectivity index (χ1n) is 5.94. The van der Waals surface area contributed by atoms with Gasteiger partial charge in [-0.25, -0.2) is 0 Å². The van der Waals surface area contributed by atoms with E-state index in [-0.39, 0.29) is 11.9 Å². The molecule has 2 aromatic rings. The first kappa shape index (κ1) is 13.7. The van der Waals surface area contributed by atoms with E-state index in [2.05, 4.69) is 20.9 Å². The molecule has 3 nitrogen and oxygen atoms in total. The van der Waals surface area contributed by atoms with Gasteiger partial charge in [0, 0.05) is 10.7 Å². The third kappa shape index (κ3) is 3.64. The highest BCUT2D eigenvalue weighted by molar-refractivity contribution is 9.10. The van der Waals surface area contributed by atoms with Crippen molar-refractivity contribution in [3.8, 4) is 0 Å². The molecule has 0 saturated carbocycles. The van der Waals surface area contributed by atoms with Gasteiger partial charge in [0.1, 0.15) is 5.92 Å². The van der Waals surface area contributed by atoms with Crippen molar-refractivity contribution in [2.24, 2.45) is 0 Å². The van der Waals surface area contributed by atoms with Crippen molar-refractivity contribution in [3.05, 3.63) is 64.4 Å². The smallest absolute Gasteiger partial charge is 0.315 e. The molecule has 1 heterocycles. The number of pyridine rings is 1. The number of ether oxygens (including phenoxy) is 1. The second-order valence-corrected chi connectivity index (χ2v) is 5.08. The number of esters is 1. The molecule has 0 aliphatic carbocycles. The van der Waals surface area contributed by atoms with Crippen LogP contribution in [-0.2, 0) is 16.0 Å². The Morgan fingerprint density at radius 3 is 2.58 bits per heavy atom. The van der Waals surface area contributed by atoms with E-state index < -0.39 is 0 Å². The van der Waals surface area contributed by atoms with Crippen LogP contribution in [0.3, 0.4) is 0 Å². The van der Waals surface area contributed by atoms with Crippen molar-refractivity contribution in [3.63, 3.8) is 0 Å². The molecule has 0 radical (unpaired) electrons. The summed E-state index contributed by atoms with van der Waals surface area (Å²) in [5.41, 5.74) is 1.81. The highest BCUT2D eigenvalue weighted by atomic mass is 79.9. The molecule has 0 amide bonds. The first-order valence-corrected chi connectivity index (χ1v) is 6.73. The number of methoxy groups -OCH3 is 1. The van der Waals surface area contributed by atoms with Gasteiger partial charge in [0.05, 0.1) is 12.8 Å². The lowest BCUT2D eigenvalue weighted by molar-refractivity contribution is -0.142. The van der Waals surface area contributed by atoms with Crippen LogP contribution in [-0.4, -0.2) is 18.1 Å². The second-order valence-electron chi connectivity index (χ2n) is 4.17. The average molecular weight is 320 g/mol. The zero-order valence-electron chi connectivity index (χ0n) is 10.5. The van der Waals surface area contributed by atoms with Crippen LogP contribution in [0.25, 0.3) is 0 Å². The van der Waals surface area contributed by atoms with Gasteiger partial charge in [0.25, 0.3) is 0 Å². The maximum atomic E-state index is 11.9. The summed E-state index contributed by atoms with van der Waals surface area (Å²) in [5, 5.41) is 0. The summed E-state index contributed by atoms with van der Waals surface area (Å²) in [6.07, 6.45) is 2.28. The predicted molar refractivity (Wildman–Crippen MR) is 76.8 cm³/mol. The minimum Gasteiger partial charge on any atom is -0.468 e. The minimum absolute atomic E-state index is 0.265. The highest BCUT2D eigenvalue weighted by Gasteiger charge is 2.23. The molecule has 0 aliphatic rings. The molecule has 1 aromatic heterocycles. The Kier molecular flexibility index (Phi) is 4.68. The Morgan fingerprint density at radius 1 is 1.26 bits per heavy atom. The Labute approximate surface area is 120 Å². The fraction of sp³-hybridized carbons (Fsp3) is 0.200. The van der Waals surface area contributed by atoms with E-state index in [1.165, 1.54) is 7.11 Å². The lowest BCUT2D eigenvalue weighted by Gasteiger charge is -2.14. The summed E-state index contributed by atoms with van der Waals surface area (Å²) < 4.78 is 5.77. The zero-order chi connectivity index (χ0) is 13.7. The molecule has 0 bridgehead atoms. The predicted octanol–water partition coefficient (Wildman–Crippen LogP) is 3.34. The van der Waals surface area contributed by atoms with Gasteiger partial charge in [-0.1, -0.05) is 30.3 Å². The molecule has 2 rings (SSSR count). The molecule has 1 atom stereocenters. The number of halogens is 1. The number of nitrogens with zero attached hydrogens (tertiary/aromatic N) is 1. The van der Waals surface area contributed by atoms with Crippen LogP contribution in [0.1, 0.15) is 17.2 Å². The molecule has 0 fully saturated rings. The first-order chi connectivity index (χ1) is 9.20. The maximum absolute atomic E-state index is 11.9. The standard InChI is InChI=1S/C15H14BrNO2/c1-19-15(18)13(9-11-5-3-2-4-6-11)14-8-7-12(16)10-17-14/h2-8,10,13H,9H2,1H3. The number of benzene rings is 1. The van der Waals surface area contributed by atoms with Gasteiger partial charge in [0.2, 0.25) is 0 Å². The quantitative estimate of drug-likeness (QED) is 0.811. The number of hydrogen-bond acceptors (Lipinski definition) is 3. The van der Waals surface area contributed by atoms with E-state index in [4.69, 9.17) is 4.74 Å². The fourth-order valence-corrected chi connectivity index (χ4v) is 2.13. The molecule has 0 N–H and O–H groups in total. The molecule has 1 unspecified atom stereocenters. The van der Waals surface area contributed by atoms with E-state index >= 15 is 0 Å². The molecule has 0 spiro atoms. The minimum atomic E-state index is -0.375. The van der Waals surface area contributed by atoms with Crippen molar-refractivity contribution in [2.75, 3.05) is 7.11 Å². The summed E-state index contributed by atoms with van der Waals surface area (Å²) in [7, 11) is 1.40. The number of carbonyl (C=O) groups excluding carboxylic acids is 1. The zero-order valence-corrected chi connectivity index (χ0v) is 12.1. The van der Waals surface area contributed by atoms with Gasteiger partial charge in [-0.2, -0.15) is 0 Å². The van der Waals surface area contributed by atoms with Crippen LogP contribution in [0, 0.1) is 0 Å². The van der Waals surface area contributed by atoms with Crippen molar-refractivity contribution in [2.45, 2.75) is 12.3 Å². The van der Waals surface area contributed by atoms with Gasteiger partial charge in [-0.15, -0.1) is 0 Å². The van der Waals surface area contributed by atoms with Gasteiger partial charge in [-0.05, 0) is 40.0 Å². The van der Waals surface area contributed by atoms with Gasteiger partial charge >= 0.3 is 5.97 Å². The van der Waals surface area contributed by atoms with Crippen LogP contribution in [0.2, 0.25) is 0 Å². The Hall–Kier alpha value is -1.68. The Bertz CT molecular complexity index is 540. The van der Waals surface area contributed by atoms with Gasteiger partial charge in [0.15, 0.2) is 0 Å². The van der Waals surface area contributed by atoms with E-state index in [1.54, 1.807) is 6.20 Å². The summed E-state index contributed by atoms with van der Waals surface area (Å²) in [6, 6.07) is 13.6. The third-order valence-electron chi connectivity index (χ3n) is 2.88. The Balaban J connectivity index is 2.26. The van der Waals surface area contributed by atoms with Crippen LogP contribution < -0.4 is 0 Å². The lowest BCUT2D eigenvalue weighted by Crippen LogP contribution is -2.18. The van der Waals surface area contributed by atoms with Crippen molar-refractivity contribution < 1.29 is 9.53 Å². The van der Waals surface area contributed by atoms with E-state index in [9.17, 15) is 4.79 Å². The molecule has 0 saturated heterocycles. The number of hydrogen-bond donors (Lipinski definition) is 0. The van der Waals surface area contributed by atoms with E-state index in [0.717, 1.165) is 15.7 Å². The summed E-state index contributed by atoms with van der Waals surface area (Å²) in [5.74, 6) is -0.640. The summed E-state index contributed by atoms with van der Waals surface area (Å²) >= 11 is 3.34. The van der Waals surface area contributed by atoms with Crippen molar-refractivity contribution in [1.82, 2.24) is 4.98 Å². The molecular weight excluding hydrogens is 306 g/mol. The average Bonchev–Trinajstić information content (AvgIpc) is 2.46. The summed E-state index contributed by atoms with van der Waals surface area (Å²) in [6.45, 7) is 0. The lowest BCUT2D eigenvalue weighted by atomic mass is 9.96. The number of aromatic nitrogens is 1. The fourth-order valence-electron chi connectivity index (χ4n) is 1.89. The van der Waals surface area contributed by atoms with Crippen molar-refractivity contribution >= 4 is 21.9 Å². The third-order valence-corrected chi connectivity index (χ3v) is 3.34. The van der Waals surface area contributed by atoms with Crippen LogP contribution in [0.5, 0.6) is 0 Å². The summed E-state index contributed by atoms with van der Waals surface area (Å²) in [4.78, 5) is 16.2. The number of rotatable bonds is 4. The van der Waals surface area contributed by atoms with Crippen LogP contribution in [0.4, 0.5) is 0 Å². The second kappa shape index (κ2) is 6.48. The molecule has 1 aromatic carbocycles. The van der Waals surface area contributed by atoms with E-state index in [0.29, 0.717) is 6.42 Å². The van der Waals surface area contributed by atoms with E-state index in [1.807, 2.05) is 42.5 Å². The molecule has 4 heteroatoms. The SMILES string of the molecule is COC(=O)C(Cc1ccccc1)c1ccc(Br)cn1. The molecule has 19 heavy (non-hydrogen) atoms. The Morgan fingerprint density at radius 2 is 2.00 bits per heavy atom. The largest absolute Gasteiger partial charge is 0.468 e. The highest BCUT2D eigenvalue weighted by Crippen LogP contribution is 2.22.